The first-order valence-electron chi connectivity index (χ1n) is 21.7. The summed E-state index contributed by atoms with van der Waals surface area (Å²) < 4.78 is 82.3. The number of nitrogens with one attached hydrogen (secondary N) is 1. The molecule has 10 rings (SSSR count). The van der Waals surface area contributed by atoms with E-state index in [-0.39, 0.29) is 74.9 Å². The Morgan fingerprint density at radius 3 is 2.43 bits per heavy atom. The van der Waals surface area contributed by atoms with Gasteiger partial charge in [0.2, 0.25) is 11.8 Å². The molecule has 4 saturated heterocycles. The average Bonchev–Trinajstić information content (AvgIpc) is 3.80. The SMILES string of the molecule is COC(=O)c1ccccc1C1CCC(OC[C@@H](NC(=O)[C@@H]2CN(c3cc(F)cc4ncsc34)CC23CN(C(=O)C2(C(F)(F)F)CC2)C3)[C@@H](C)OCC23CCC(CC2)OC3)CC1. The van der Waals surface area contributed by atoms with E-state index in [2.05, 4.69) is 10.3 Å². The van der Waals surface area contributed by atoms with Crippen molar-refractivity contribution in [1.29, 1.82) is 0 Å². The molecule has 3 atom stereocenters. The second kappa shape index (κ2) is 16.4. The van der Waals surface area contributed by atoms with Crippen molar-refractivity contribution in [3.8, 4) is 0 Å². The summed E-state index contributed by atoms with van der Waals surface area (Å²) in [5.74, 6) is -2.65. The standard InChI is InChI=1S/C45H54F4N4O7S/c1-27(59-24-42-13-11-31(12-14-42)60-25-42)36(20-58-30-9-7-28(8-10-30)32-5-3-4-6-33(32)40(55)57-2)51-39(54)34-19-52(37-18-29(46)17-35-38(37)61-26-50-35)21-43(34)22-53(23-43)41(56)44(15-16-44)45(47,48)49/h3-6,17-18,26-28,30-31,34,36H,7-16,19-25H2,1-2H3,(H,51,54)/t27-,28?,30?,31?,34+,36-,42?/m1/s1. The fraction of sp³-hybridized carbons (Fsp3) is 0.644. The van der Waals surface area contributed by atoms with E-state index < -0.39 is 46.8 Å². The van der Waals surface area contributed by atoms with Crippen LogP contribution in [0.2, 0.25) is 0 Å². The normalized spacial score (nSPS) is 28.7. The van der Waals surface area contributed by atoms with Gasteiger partial charge in [-0.3, -0.25) is 9.59 Å². The van der Waals surface area contributed by atoms with E-state index in [1.54, 1.807) is 11.6 Å². The summed E-state index contributed by atoms with van der Waals surface area (Å²) in [6, 6.07) is 9.73. The minimum Gasteiger partial charge on any atom is -0.465 e. The number of anilines is 1. The van der Waals surface area contributed by atoms with Crippen LogP contribution >= 0.6 is 11.3 Å². The van der Waals surface area contributed by atoms with Gasteiger partial charge in [-0.25, -0.2) is 14.2 Å². The number of amides is 2. The van der Waals surface area contributed by atoms with E-state index in [1.807, 2.05) is 30.0 Å². The van der Waals surface area contributed by atoms with Crippen LogP contribution in [-0.2, 0) is 28.5 Å². The minimum atomic E-state index is -4.65. The van der Waals surface area contributed by atoms with Crippen LogP contribution in [0.3, 0.4) is 0 Å². The van der Waals surface area contributed by atoms with Gasteiger partial charge in [-0.15, -0.1) is 11.3 Å². The largest absolute Gasteiger partial charge is 0.465 e. The lowest BCUT2D eigenvalue weighted by atomic mass is 9.70. The van der Waals surface area contributed by atoms with E-state index in [0.717, 1.165) is 61.6 Å². The maximum absolute atomic E-state index is 15.0. The first kappa shape index (κ1) is 42.4. The van der Waals surface area contributed by atoms with Crippen LogP contribution in [0.5, 0.6) is 0 Å². The number of benzene rings is 2. The second-order valence-electron chi connectivity index (χ2n) is 18.7. The van der Waals surface area contributed by atoms with Gasteiger partial charge in [0.05, 0.1) is 84.2 Å². The Labute approximate surface area is 356 Å². The monoisotopic (exact) mass is 870 g/mol. The third-order valence-corrected chi connectivity index (χ3v) is 15.7. The molecule has 16 heteroatoms. The van der Waals surface area contributed by atoms with Crippen LogP contribution in [0.15, 0.2) is 41.9 Å². The Morgan fingerprint density at radius 2 is 1.75 bits per heavy atom. The van der Waals surface area contributed by atoms with Crippen molar-refractivity contribution in [2.45, 2.75) is 108 Å². The number of likely N-dealkylation sites (tertiary alicyclic amines) is 1. The highest BCUT2D eigenvalue weighted by molar-refractivity contribution is 7.17. The van der Waals surface area contributed by atoms with E-state index in [1.165, 1.54) is 35.5 Å². The fourth-order valence-corrected chi connectivity index (χ4v) is 11.6. The molecule has 4 aliphatic heterocycles. The maximum atomic E-state index is 15.0. The molecule has 1 aromatic heterocycles. The number of methoxy groups -OCH3 is 1. The summed E-state index contributed by atoms with van der Waals surface area (Å²) in [6.07, 6.45) is 1.77. The molecule has 5 heterocycles. The molecule has 0 radical (unpaired) electrons. The molecule has 11 nitrogen and oxygen atoms in total. The van der Waals surface area contributed by atoms with E-state index in [0.29, 0.717) is 36.1 Å². The van der Waals surface area contributed by atoms with Crippen molar-refractivity contribution in [2.24, 2.45) is 22.2 Å². The molecule has 2 bridgehead atoms. The topological polar surface area (TPSA) is 120 Å². The third kappa shape index (κ3) is 8.03. The number of hydrogen-bond donors (Lipinski definition) is 1. The molecule has 61 heavy (non-hydrogen) atoms. The zero-order valence-corrected chi connectivity index (χ0v) is 35.5. The van der Waals surface area contributed by atoms with Crippen molar-refractivity contribution in [1.82, 2.24) is 15.2 Å². The molecular formula is C45H54F4N4O7S. The number of thiazole rings is 1. The van der Waals surface area contributed by atoms with Gasteiger partial charge in [0.25, 0.3) is 0 Å². The number of nitrogens with zero attached hydrogens (tertiary/aromatic N) is 3. The Balaban J connectivity index is 0.928. The zero-order valence-electron chi connectivity index (χ0n) is 34.6. The molecule has 3 aromatic rings. The van der Waals surface area contributed by atoms with Gasteiger partial charge in [0.15, 0.2) is 0 Å². The number of carbonyl (C=O) groups is 3. The number of ether oxygens (including phenoxy) is 4. The smallest absolute Gasteiger partial charge is 0.403 e. The number of hydrogen-bond acceptors (Lipinski definition) is 10. The lowest BCUT2D eigenvalue weighted by Gasteiger charge is -2.51. The highest BCUT2D eigenvalue weighted by Gasteiger charge is 2.71. The van der Waals surface area contributed by atoms with Gasteiger partial charge in [-0.05, 0) is 94.7 Å². The quantitative estimate of drug-likeness (QED) is 0.138. The Morgan fingerprint density at radius 1 is 1.02 bits per heavy atom. The summed E-state index contributed by atoms with van der Waals surface area (Å²) in [7, 11) is 1.38. The van der Waals surface area contributed by atoms with E-state index in [9.17, 15) is 31.9 Å². The molecular weight excluding hydrogens is 817 g/mol. The van der Waals surface area contributed by atoms with Crippen LogP contribution in [0.25, 0.3) is 10.2 Å². The summed E-state index contributed by atoms with van der Waals surface area (Å²) >= 11 is 1.35. The van der Waals surface area contributed by atoms with Crippen molar-refractivity contribution < 1.29 is 50.9 Å². The predicted octanol–water partition coefficient (Wildman–Crippen LogP) is 7.42. The van der Waals surface area contributed by atoms with Gasteiger partial charge < -0.3 is 34.1 Å². The maximum Gasteiger partial charge on any atom is 0.403 e. The molecule has 1 N–H and O–H groups in total. The van der Waals surface area contributed by atoms with Gasteiger partial charge in [-0.1, -0.05) is 18.2 Å². The van der Waals surface area contributed by atoms with Gasteiger partial charge in [-0.2, -0.15) is 13.2 Å². The van der Waals surface area contributed by atoms with E-state index >= 15 is 0 Å². The molecule has 2 aromatic carbocycles. The summed E-state index contributed by atoms with van der Waals surface area (Å²) in [5, 5.41) is 3.27. The number of aromatic nitrogens is 1. The number of halogens is 4. The second-order valence-corrected chi connectivity index (χ2v) is 19.5. The number of fused-ring (bicyclic) bond motifs is 4. The van der Waals surface area contributed by atoms with Crippen LogP contribution in [0, 0.1) is 28.0 Å². The molecule has 7 fully saturated rings. The van der Waals surface area contributed by atoms with Gasteiger partial charge in [0, 0.05) is 43.1 Å². The highest BCUT2D eigenvalue weighted by Crippen LogP contribution is 2.60. The van der Waals surface area contributed by atoms with Crippen LogP contribution in [0.1, 0.15) is 93.0 Å². The first-order chi connectivity index (χ1) is 29.2. The first-order valence-corrected chi connectivity index (χ1v) is 22.6. The fourth-order valence-electron chi connectivity index (χ4n) is 10.8. The minimum absolute atomic E-state index is 0.0154. The molecule has 1 spiro atoms. The lowest BCUT2D eigenvalue weighted by molar-refractivity contribution is -0.205. The number of carbonyl (C=O) groups excluding carboxylic acids is 3. The van der Waals surface area contributed by atoms with E-state index in [4.69, 9.17) is 18.9 Å². The Kier molecular flexibility index (Phi) is 11.4. The Bertz CT molecular complexity index is 2110. The molecule has 2 amide bonds. The van der Waals surface area contributed by atoms with Gasteiger partial charge >= 0.3 is 12.1 Å². The predicted molar refractivity (Wildman–Crippen MR) is 219 cm³/mol. The van der Waals surface area contributed by atoms with Crippen molar-refractivity contribution in [3.05, 3.63) is 58.9 Å². The molecule has 3 saturated carbocycles. The van der Waals surface area contributed by atoms with Crippen molar-refractivity contribution in [2.75, 3.05) is 58.0 Å². The zero-order chi connectivity index (χ0) is 42.7. The lowest BCUT2D eigenvalue weighted by Crippen LogP contribution is -2.66. The average molecular weight is 871 g/mol. The molecule has 7 aliphatic rings. The summed E-state index contributed by atoms with van der Waals surface area (Å²) in [4.78, 5) is 48.2. The van der Waals surface area contributed by atoms with Crippen molar-refractivity contribution in [3.63, 3.8) is 0 Å². The molecule has 0 unspecified atom stereocenters. The van der Waals surface area contributed by atoms with Crippen LogP contribution < -0.4 is 10.2 Å². The highest BCUT2D eigenvalue weighted by atomic mass is 32.1. The third-order valence-electron chi connectivity index (χ3n) is 14.8. The number of rotatable bonds is 13. The number of alkyl halides is 3. The number of esters is 1. The van der Waals surface area contributed by atoms with Crippen LogP contribution in [-0.4, -0.2) is 111 Å². The van der Waals surface area contributed by atoms with Crippen molar-refractivity contribution >= 4 is 45.0 Å². The van der Waals surface area contributed by atoms with Gasteiger partial charge in [0.1, 0.15) is 11.2 Å². The summed E-state index contributed by atoms with van der Waals surface area (Å²) in [6.45, 7) is 3.61. The van der Waals surface area contributed by atoms with Crippen LogP contribution in [0.4, 0.5) is 23.2 Å². The Hall–Kier alpha value is -3.86. The molecule has 3 aliphatic carbocycles. The molecule has 330 valence electrons. The summed E-state index contributed by atoms with van der Waals surface area (Å²) in [5.41, 5.74) is 0.908.